The quantitative estimate of drug-likeness (QED) is 0.237. The number of carbonyl (C=O) groups is 2. The van der Waals surface area contributed by atoms with Gasteiger partial charge in [0.05, 0.1) is 17.7 Å². The maximum Gasteiger partial charge on any atom is 0.264 e. The Labute approximate surface area is 260 Å². The van der Waals surface area contributed by atoms with Crippen molar-refractivity contribution in [2.24, 2.45) is 0 Å². The minimum absolute atomic E-state index is 0.0387. The Balaban J connectivity index is 1.84. The molecule has 1 atom stereocenters. The van der Waals surface area contributed by atoms with Crippen LogP contribution < -0.4 is 14.4 Å². The molecule has 0 bridgehead atoms. The van der Waals surface area contributed by atoms with Crippen LogP contribution in [0.25, 0.3) is 0 Å². The molecule has 2 amide bonds. The third-order valence-electron chi connectivity index (χ3n) is 7.44. The van der Waals surface area contributed by atoms with Crippen molar-refractivity contribution >= 4 is 27.5 Å². The second-order valence-electron chi connectivity index (χ2n) is 10.8. The fourth-order valence-electron chi connectivity index (χ4n) is 5.07. The SMILES string of the molecule is CNC(=O)C(Cc1ccccc1)N(Cc1cccc(C)c1)C(=O)CN(c1cc(C)ccc1OC)S(=O)(=O)c1ccc(C)cc1. The monoisotopic (exact) mass is 613 g/mol. The average Bonchev–Trinajstić information content (AvgIpc) is 3.01. The van der Waals surface area contributed by atoms with Gasteiger partial charge in [0, 0.05) is 20.0 Å². The highest BCUT2D eigenvalue weighted by molar-refractivity contribution is 7.92. The zero-order valence-corrected chi connectivity index (χ0v) is 26.6. The van der Waals surface area contributed by atoms with Crippen LogP contribution in [-0.4, -0.2) is 51.9 Å². The summed E-state index contributed by atoms with van der Waals surface area (Å²) in [5.74, 6) is -0.581. The Bertz CT molecular complexity index is 1710. The van der Waals surface area contributed by atoms with E-state index in [1.54, 1.807) is 24.3 Å². The van der Waals surface area contributed by atoms with Crippen LogP contribution in [0.1, 0.15) is 27.8 Å². The first-order valence-electron chi connectivity index (χ1n) is 14.4. The summed E-state index contributed by atoms with van der Waals surface area (Å²) >= 11 is 0. The number of likely N-dealkylation sites (N-methyl/N-ethyl adjacent to an activating group) is 1. The van der Waals surface area contributed by atoms with Crippen molar-refractivity contribution in [3.05, 3.63) is 125 Å². The number of ether oxygens (including phenoxy) is 1. The summed E-state index contributed by atoms with van der Waals surface area (Å²) in [6.07, 6.45) is 0.247. The predicted molar refractivity (Wildman–Crippen MR) is 173 cm³/mol. The van der Waals surface area contributed by atoms with E-state index < -0.39 is 28.5 Å². The van der Waals surface area contributed by atoms with E-state index in [0.717, 1.165) is 32.1 Å². The molecule has 0 aliphatic rings. The van der Waals surface area contributed by atoms with E-state index in [-0.39, 0.29) is 29.5 Å². The molecule has 0 aliphatic heterocycles. The second kappa shape index (κ2) is 14.2. The predicted octanol–water partition coefficient (Wildman–Crippen LogP) is 5.20. The minimum atomic E-state index is -4.23. The Morgan fingerprint density at radius 3 is 2.07 bits per heavy atom. The number of nitrogens with zero attached hydrogens (tertiary/aromatic N) is 2. The molecule has 9 heteroatoms. The van der Waals surface area contributed by atoms with E-state index in [1.165, 1.54) is 31.2 Å². The standard InChI is InChI=1S/C35H39N3O5S/c1-25-14-17-30(18-15-25)44(41,42)38(31-21-27(3)16-19-33(31)43-5)24-34(39)37(23-29-13-9-10-26(2)20-29)32(35(40)36-4)22-28-11-7-6-8-12-28/h6-21,32H,22-24H2,1-5H3,(H,36,40). The Morgan fingerprint density at radius 1 is 0.795 bits per heavy atom. The number of carbonyl (C=O) groups excluding carboxylic acids is 2. The molecular weight excluding hydrogens is 574 g/mol. The highest BCUT2D eigenvalue weighted by atomic mass is 32.2. The van der Waals surface area contributed by atoms with Gasteiger partial charge in [0.15, 0.2) is 0 Å². The molecule has 0 fully saturated rings. The Hall–Kier alpha value is -4.63. The lowest BCUT2D eigenvalue weighted by Gasteiger charge is -2.34. The number of benzene rings is 4. The number of sulfonamides is 1. The zero-order chi connectivity index (χ0) is 31.9. The lowest BCUT2D eigenvalue weighted by Crippen LogP contribution is -2.53. The molecule has 4 aromatic carbocycles. The summed E-state index contributed by atoms with van der Waals surface area (Å²) in [7, 11) is -1.25. The zero-order valence-electron chi connectivity index (χ0n) is 25.8. The minimum Gasteiger partial charge on any atom is -0.495 e. The molecule has 4 rings (SSSR count). The van der Waals surface area contributed by atoms with E-state index in [9.17, 15) is 18.0 Å². The van der Waals surface area contributed by atoms with Crippen LogP contribution in [0.4, 0.5) is 5.69 Å². The smallest absolute Gasteiger partial charge is 0.264 e. The van der Waals surface area contributed by atoms with Crippen molar-refractivity contribution in [2.45, 2.75) is 44.7 Å². The van der Waals surface area contributed by atoms with Crippen molar-refractivity contribution in [1.82, 2.24) is 10.2 Å². The molecule has 0 saturated carbocycles. The molecule has 230 valence electrons. The molecule has 0 spiro atoms. The van der Waals surface area contributed by atoms with Gasteiger partial charge in [0.2, 0.25) is 11.8 Å². The van der Waals surface area contributed by atoms with Gasteiger partial charge in [-0.15, -0.1) is 0 Å². The van der Waals surface area contributed by atoms with Crippen molar-refractivity contribution in [3.63, 3.8) is 0 Å². The van der Waals surface area contributed by atoms with Crippen LogP contribution in [0.2, 0.25) is 0 Å². The first-order valence-corrected chi connectivity index (χ1v) is 15.8. The molecule has 0 radical (unpaired) electrons. The van der Waals surface area contributed by atoms with Crippen molar-refractivity contribution in [3.8, 4) is 5.75 Å². The van der Waals surface area contributed by atoms with Gasteiger partial charge in [0.25, 0.3) is 10.0 Å². The number of anilines is 1. The van der Waals surface area contributed by atoms with Crippen molar-refractivity contribution in [2.75, 3.05) is 25.0 Å². The van der Waals surface area contributed by atoms with Gasteiger partial charge in [-0.25, -0.2) is 8.42 Å². The second-order valence-corrected chi connectivity index (χ2v) is 12.7. The Morgan fingerprint density at radius 2 is 1.43 bits per heavy atom. The first-order chi connectivity index (χ1) is 21.0. The molecule has 0 aromatic heterocycles. The molecule has 0 aliphatic carbocycles. The molecule has 1 N–H and O–H groups in total. The largest absolute Gasteiger partial charge is 0.495 e. The number of hydrogen-bond acceptors (Lipinski definition) is 5. The van der Waals surface area contributed by atoms with E-state index in [0.29, 0.717) is 5.75 Å². The molecule has 0 saturated heterocycles. The van der Waals surface area contributed by atoms with Gasteiger partial charge < -0.3 is 15.0 Å². The molecule has 1 unspecified atom stereocenters. The number of hydrogen-bond donors (Lipinski definition) is 1. The summed E-state index contributed by atoms with van der Waals surface area (Å²) in [4.78, 5) is 29.4. The average molecular weight is 614 g/mol. The van der Waals surface area contributed by atoms with Gasteiger partial charge >= 0.3 is 0 Å². The van der Waals surface area contributed by atoms with E-state index in [4.69, 9.17) is 4.74 Å². The fourth-order valence-corrected chi connectivity index (χ4v) is 6.49. The number of aryl methyl sites for hydroxylation is 3. The number of amides is 2. The van der Waals surface area contributed by atoms with Crippen LogP contribution in [-0.2, 0) is 32.6 Å². The normalized spacial score (nSPS) is 11.8. The summed E-state index contributed by atoms with van der Waals surface area (Å²) in [5, 5.41) is 2.71. The van der Waals surface area contributed by atoms with Gasteiger partial charge in [-0.05, 0) is 61.7 Å². The highest BCUT2D eigenvalue weighted by Gasteiger charge is 2.35. The lowest BCUT2D eigenvalue weighted by atomic mass is 10.0. The molecule has 44 heavy (non-hydrogen) atoms. The van der Waals surface area contributed by atoms with Crippen molar-refractivity contribution < 1.29 is 22.7 Å². The number of rotatable bonds is 12. The fraction of sp³-hybridized carbons (Fsp3) is 0.257. The lowest BCUT2D eigenvalue weighted by molar-refractivity contribution is -0.139. The third-order valence-corrected chi connectivity index (χ3v) is 9.22. The molecule has 8 nitrogen and oxygen atoms in total. The molecule has 0 heterocycles. The van der Waals surface area contributed by atoms with Crippen LogP contribution in [0.5, 0.6) is 5.75 Å². The van der Waals surface area contributed by atoms with Crippen LogP contribution >= 0.6 is 0 Å². The van der Waals surface area contributed by atoms with Crippen LogP contribution in [0.3, 0.4) is 0 Å². The van der Waals surface area contributed by atoms with E-state index in [1.807, 2.05) is 81.4 Å². The summed E-state index contributed by atoms with van der Waals surface area (Å²) in [5.41, 5.74) is 4.62. The van der Waals surface area contributed by atoms with Crippen LogP contribution in [0, 0.1) is 20.8 Å². The van der Waals surface area contributed by atoms with Gasteiger partial charge in [-0.1, -0.05) is 83.9 Å². The maximum atomic E-state index is 14.5. The first kappa shape index (κ1) is 32.3. The topological polar surface area (TPSA) is 96.0 Å². The summed E-state index contributed by atoms with van der Waals surface area (Å²) < 4.78 is 35.2. The van der Waals surface area contributed by atoms with E-state index in [2.05, 4.69) is 5.32 Å². The van der Waals surface area contributed by atoms with Crippen molar-refractivity contribution in [1.29, 1.82) is 0 Å². The van der Waals surface area contributed by atoms with Gasteiger partial charge in [-0.2, -0.15) is 0 Å². The van der Waals surface area contributed by atoms with Gasteiger partial charge in [0.1, 0.15) is 18.3 Å². The number of methoxy groups -OCH3 is 1. The summed E-state index contributed by atoms with van der Waals surface area (Å²) in [6.45, 7) is 5.22. The van der Waals surface area contributed by atoms with E-state index >= 15 is 0 Å². The molecule has 4 aromatic rings. The highest BCUT2D eigenvalue weighted by Crippen LogP contribution is 2.34. The van der Waals surface area contributed by atoms with Crippen LogP contribution in [0.15, 0.2) is 102 Å². The molecular formula is C35H39N3O5S. The summed E-state index contributed by atoms with van der Waals surface area (Å²) in [6, 6.07) is 27.9. The van der Waals surface area contributed by atoms with Gasteiger partial charge in [-0.3, -0.25) is 13.9 Å². The number of nitrogens with one attached hydrogen (secondary N) is 1. The Kier molecular flexibility index (Phi) is 10.4. The maximum absolute atomic E-state index is 14.5. The third kappa shape index (κ3) is 7.65.